The van der Waals surface area contributed by atoms with Crippen LogP contribution in [0.2, 0.25) is 0 Å². The summed E-state index contributed by atoms with van der Waals surface area (Å²) in [5.74, 6) is 0.565. The lowest BCUT2D eigenvalue weighted by atomic mass is 9.87. The van der Waals surface area contributed by atoms with Crippen LogP contribution in [-0.4, -0.2) is 48.0 Å². The molecule has 39 heavy (non-hydrogen) atoms. The van der Waals surface area contributed by atoms with Crippen molar-refractivity contribution in [3.63, 3.8) is 0 Å². The molecular formula is C29H37F3N4O3. The molecule has 0 spiro atoms. The third-order valence-electron chi connectivity index (χ3n) is 7.89. The number of nitrogens with zero attached hydrogens (tertiary/aromatic N) is 3. The normalized spacial score (nSPS) is 18.9. The SMILES string of the molecule is CC(C)(C)c1ccc(N2CCC(CCC(=O)N3CC[C@@H](Nc4ccc([N+](=O)[O-])c(C(F)(F)F)c4)C3)CC2)cc1. The molecule has 10 heteroatoms. The first-order chi connectivity index (χ1) is 18.3. The van der Waals surface area contributed by atoms with Gasteiger partial charge in [0.1, 0.15) is 5.56 Å². The van der Waals surface area contributed by atoms with Crippen molar-refractivity contribution in [2.24, 2.45) is 5.92 Å². The Bertz CT molecular complexity index is 1170. The summed E-state index contributed by atoms with van der Waals surface area (Å²) in [6.07, 6.45) is -0.837. The number of anilines is 2. The molecule has 0 bridgehead atoms. The van der Waals surface area contributed by atoms with Gasteiger partial charge in [0, 0.05) is 56.1 Å². The largest absolute Gasteiger partial charge is 0.423 e. The number of halogens is 3. The monoisotopic (exact) mass is 546 g/mol. The number of nitrogens with one attached hydrogen (secondary N) is 1. The highest BCUT2D eigenvalue weighted by Crippen LogP contribution is 2.38. The number of carbonyl (C=O) groups excluding carboxylic acids is 1. The minimum absolute atomic E-state index is 0.0687. The van der Waals surface area contributed by atoms with Crippen molar-refractivity contribution < 1.29 is 22.9 Å². The van der Waals surface area contributed by atoms with Crippen LogP contribution in [0.4, 0.5) is 30.2 Å². The number of nitro groups is 1. The summed E-state index contributed by atoms with van der Waals surface area (Å²) in [6.45, 7) is 9.51. The Balaban J connectivity index is 1.22. The van der Waals surface area contributed by atoms with E-state index in [0.29, 0.717) is 31.8 Å². The molecule has 1 atom stereocenters. The van der Waals surface area contributed by atoms with Gasteiger partial charge in [-0.2, -0.15) is 13.2 Å². The Labute approximate surface area is 227 Å². The molecule has 2 heterocycles. The zero-order chi connectivity index (χ0) is 28.4. The number of amides is 1. The van der Waals surface area contributed by atoms with Gasteiger partial charge in [-0.1, -0.05) is 32.9 Å². The predicted octanol–water partition coefficient (Wildman–Crippen LogP) is 6.62. The summed E-state index contributed by atoms with van der Waals surface area (Å²) in [4.78, 5) is 27.0. The van der Waals surface area contributed by atoms with Gasteiger partial charge in [-0.3, -0.25) is 14.9 Å². The minimum Gasteiger partial charge on any atom is -0.380 e. The van der Waals surface area contributed by atoms with Crippen molar-refractivity contribution in [3.8, 4) is 0 Å². The van der Waals surface area contributed by atoms with Crippen LogP contribution in [0, 0.1) is 16.0 Å². The van der Waals surface area contributed by atoms with E-state index in [1.807, 2.05) is 0 Å². The molecule has 0 radical (unpaired) electrons. The van der Waals surface area contributed by atoms with Crippen LogP contribution in [0.15, 0.2) is 42.5 Å². The average molecular weight is 547 g/mol. The second kappa shape index (κ2) is 11.4. The number of carbonyl (C=O) groups is 1. The molecule has 2 aliphatic rings. The smallest absolute Gasteiger partial charge is 0.380 e. The molecule has 2 saturated heterocycles. The third kappa shape index (κ3) is 7.22. The lowest BCUT2D eigenvalue weighted by Crippen LogP contribution is -2.35. The van der Waals surface area contributed by atoms with Crippen molar-refractivity contribution in [1.82, 2.24) is 4.90 Å². The average Bonchev–Trinajstić information content (AvgIpc) is 3.35. The van der Waals surface area contributed by atoms with Gasteiger partial charge in [-0.25, -0.2) is 0 Å². The zero-order valence-corrected chi connectivity index (χ0v) is 22.8. The Morgan fingerprint density at radius 1 is 1.03 bits per heavy atom. The Morgan fingerprint density at radius 3 is 2.28 bits per heavy atom. The topological polar surface area (TPSA) is 78.7 Å². The molecule has 1 N–H and O–H groups in total. The zero-order valence-electron chi connectivity index (χ0n) is 22.8. The lowest BCUT2D eigenvalue weighted by Gasteiger charge is -2.34. The fourth-order valence-electron chi connectivity index (χ4n) is 5.49. The highest BCUT2D eigenvalue weighted by molar-refractivity contribution is 5.76. The molecule has 1 amide bonds. The van der Waals surface area contributed by atoms with E-state index in [4.69, 9.17) is 0 Å². The first-order valence-corrected chi connectivity index (χ1v) is 13.6. The van der Waals surface area contributed by atoms with Crippen molar-refractivity contribution in [1.29, 1.82) is 0 Å². The van der Waals surface area contributed by atoms with Crippen LogP contribution in [0.5, 0.6) is 0 Å². The van der Waals surface area contributed by atoms with E-state index in [9.17, 15) is 28.1 Å². The summed E-state index contributed by atoms with van der Waals surface area (Å²) in [7, 11) is 0. The number of piperidine rings is 1. The van der Waals surface area contributed by atoms with Crippen LogP contribution < -0.4 is 10.2 Å². The molecule has 212 valence electrons. The van der Waals surface area contributed by atoms with E-state index in [1.165, 1.54) is 17.3 Å². The molecule has 0 aliphatic carbocycles. The van der Waals surface area contributed by atoms with Gasteiger partial charge in [0.05, 0.1) is 4.92 Å². The van der Waals surface area contributed by atoms with Gasteiger partial charge < -0.3 is 15.1 Å². The highest BCUT2D eigenvalue weighted by Gasteiger charge is 2.38. The summed E-state index contributed by atoms with van der Waals surface area (Å²) < 4.78 is 39.8. The summed E-state index contributed by atoms with van der Waals surface area (Å²) in [5, 5.41) is 14.0. The second-order valence-electron chi connectivity index (χ2n) is 11.7. The Hall–Kier alpha value is -3.30. The summed E-state index contributed by atoms with van der Waals surface area (Å²) in [6, 6.07) is 11.5. The Morgan fingerprint density at radius 2 is 1.69 bits per heavy atom. The van der Waals surface area contributed by atoms with Crippen molar-refractivity contribution >= 4 is 23.0 Å². The molecule has 2 aliphatic heterocycles. The molecule has 4 rings (SSSR count). The van der Waals surface area contributed by atoms with E-state index < -0.39 is 22.4 Å². The fraction of sp³-hybridized carbons (Fsp3) is 0.552. The first-order valence-electron chi connectivity index (χ1n) is 13.6. The number of benzene rings is 2. The fourth-order valence-corrected chi connectivity index (χ4v) is 5.49. The van der Waals surface area contributed by atoms with Crippen LogP contribution in [0.3, 0.4) is 0 Å². The third-order valence-corrected chi connectivity index (χ3v) is 7.89. The molecule has 0 aromatic heterocycles. The van der Waals surface area contributed by atoms with Crippen LogP contribution in [0.1, 0.15) is 64.0 Å². The predicted molar refractivity (Wildman–Crippen MR) is 146 cm³/mol. The Kier molecular flexibility index (Phi) is 8.42. The quantitative estimate of drug-likeness (QED) is 0.312. The molecule has 2 aromatic carbocycles. The molecule has 7 nitrogen and oxygen atoms in total. The van der Waals surface area contributed by atoms with Crippen molar-refractivity contribution in [2.45, 2.75) is 70.5 Å². The van der Waals surface area contributed by atoms with Gasteiger partial charge >= 0.3 is 6.18 Å². The van der Waals surface area contributed by atoms with E-state index in [-0.39, 0.29) is 23.1 Å². The minimum atomic E-state index is -4.83. The summed E-state index contributed by atoms with van der Waals surface area (Å²) in [5.41, 5.74) is 0.593. The van der Waals surface area contributed by atoms with E-state index in [0.717, 1.165) is 44.5 Å². The van der Waals surface area contributed by atoms with Crippen LogP contribution in [-0.2, 0) is 16.4 Å². The number of hydrogen-bond acceptors (Lipinski definition) is 5. The van der Waals surface area contributed by atoms with Gasteiger partial charge in [0.15, 0.2) is 0 Å². The van der Waals surface area contributed by atoms with Crippen molar-refractivity contribution in [2.75, 3.05) is 36.4 Å². The van der Waals surface area contributed by atoms with Crippen LogP contribution in [0.25, 0.3) is 0 Å². The molecule has 0 unspecified atom stereocenters. The second-order valence-corrected chi connectivity index (χ2v) is 11.7. The molecule has 2 aromatic rings. The highest BCUT2D eigenvalue weighted by atomic mass is 19.4. The lowest BCUT2D eigenvalue weighted by molar-refractivity contribution is -0.388. The van der Waals surface area contributed by atoms with E-state index in [1.54, 1.807) is 4.90 Å². The number of likely N-dealkylation sites (tertiary alicyclic amines) is 1. The summed E-state index contributed by atoms with van der Waals surface area (Å²) >= 11 is 0. The number of rotatable bonds is 7. The molecule has 2 fully saturated rings. The van der Waals surface area contributed by atoms with Gasteiger partial charge in [0.25, 0.3) is 5.69 Å². The number of alkyl halides is 3. The maximum atomic E-state index is 13.3. The number of hydrogen-bond donors (Lipinski definition) is 1. The van der Waals surface area contributed by atoms with Crippen molar-refractivity contribution in [3.05, 3.63) is 63.7 Å². The van der Waals surface area contributed by atoms with E-state index in [2.05, 4.69) is 55.3 Å². The van der Waals surface area contributed by atoms with Gasteiger partial charge in [-0.05, 0) is 66.8 Å². The van der Waals surface area contributed by atoms with Gasteiger partial charge in [-0.15, -0.1) is 0 Å². The maximum absolute atomic E-state index is 13.3. The molecule has 0 saturated carbocycles. The van der Waals surface area contributed by atoms with Gasteiger partial charge in [0.2, 0.25) is 5.91 Å². The molecular weight excluding hydrogens is 509 g/mol. The van der Waals surface area contributed by atoms with E-state index >= 15 is 0 Å². The maximum Gasteiger partial charge on any atom is 0.423 e. The standard InChI is InChI=1S/C29H37F3N4O3/c1-28(2,3)21-5-8-24(9-6-21)34-15-12-20(13-16-34)4-11-27(37)35-17-14-23(19-35)33-22-7-10-26(36(38)39)25(18-22)29(30,31)32/h5-10,18,20,23,33H,4,11-17,19H2,1-3H3/t23-/m1/s1. The first kappa shape index (κ1) is 28.7. The van der Waals surface area contributed by atoms with Crippen LogP contribution >= 0.6 is 0 Å². The number of nitro benzene ring substituents is 1.